The Balaban J connectivity index is 1.62. The molecule has 0 unspecified atom stereocenters. The van der Waals surface area contributed by atoms with Crippen molar-refractivity contribution in [3.05, 3.63) is 0 Å². The van der Waals surface area contributed by atoms with E-state index in [0.717, 1.165) is 49.9 Å². The molecule has 0 heterocycles. The first-order valence-electron chi connectivity index (χ1n) is 9.15. The molecule has 4 aliphatic rings. The predicted octanol–water partition coefficient (Wildman–Crippen LogP) is 3.96. The van der Waals surface area contributed by atoms with Gasteiger partial charge in [-0.25, -0.2) is 0 Å². The average molecular weight is 290 g/mol. The molecule has 0 aromatic rings. The summed E-state index contributed by atoms with van der Waals surface area (Å²) < 4.78 is 0. The van der Waals surface area contributed by atoms with Gasteiger partial charge in [-0.1, -0.05) is 13.8 Å². The second kappa shape index (κ2) is 4.57. The maximum atomic E-state index is 12.4. The molecular weight excluding hydrogens is 260 g/mol. The van der Waals surface area contributed by atoms with Gasteiger partial charge in [0.05, 0.1) is 6.10 Å². The molecule has 4 saturated carbocycles. The van der Waals surface area contributed by atoms with Gasteiger partial charge in [0, 0.05) is 11.8 Å². The minimum atomic E-state index is -0.0651. The Labute approximate surface area is 128 Å². The molecule has 0 radical (unpaired) electrons. The molecule has 0 amide bonds. The first-order valence-corrected chi connectivity index (χ1v) is 9.15. The van der Waals surface area contributed by atoms with E-state index in [4.69, 9.17) is 0 Å². The summed E-state index contributed by atoms with van der Waals surface area (Å²) in [7, 11) is 0. The minimum Gasteiger partial charge on any atom is -0.393 e. The third-order valence-corrected chi connectivity index (χ3v) is 8.18. The number of aliphatic hydroxyl groups is 1. The van der Waals surface area contributed by atoms with Crippen LogP contribution in [0, 0.1) is 34.5 Å². The SMILES string of the molecule is C[C@@]12CC[C@@H]3[C@H](CC[C@]4(C)C(=O)CC[C@@H]34)[C@H]1CC[C@H](O)C2. The van der Waals surface area contributed by atoms with E-state index < -0.39 is 0 Å². The summed E-state index contributed by atoms with van der Waals surface area (Å²) in [5, 5.41) is 10.1. The number of aliphatic hydroxyl groups excluding tert-OH is 1. The van der Waals surface area contributed by atoms with Crippen molar-refractivity contribution in [2.45, 2.75) is 77.7 Å². The summed E-state index contributed by atoms with van der Waals surface area (Å²) in [5.41, 5.74) is 0.387. The molecule has 21 heavy (non-hydrogen) atoms. The van der Waals surface area contributed by atoms with Crippen LogP contribution in [0.4, 0.5) is 0 Å². The van der Waals surface area contributed by atoms with Crippen LogP contribution in [-0.4, -0.2) is 17.0 Å². The highest BCUT2D eigenvalue weighted by molar-refractivity contribution is 5.87. The zero-order valence-corrected chi connectivity index (χ0v) is 13.6. The minimum absolute atomic E-state index is 0.0170. The molecule has 4 aliphatic carbocycles. The summed E-state index contributed by atoms with van der Waals surface area (Å²) in [6.45, 7) is 4.70. The highest BCUT2D eigenvalue weighted by Crippen LogP contribution is 2.64. The molecule has 0 saturated heterocycles. The molecule has 0 bridgehead atoms. The lowest BCUT2D eigenvalue weighted by atomic mass is 9.46. The first-order chi connectivity index (χ1) is 9.94. The van der Waals surface area contributed by atoms with Gasteiger partial charge < -0.3 is 5.11 Å². The van der Waals surface area contributed by atoms with Gasteiger partial charge in [0.25, 0.3) is 0 Å². The number of carbonyl (C=O) groups is 1. The lowest BCUT2D eigenvalue weighted by Gasteiger charge is -2.58. The Morgan fingerprint density at radius 2 is 1.67 bits per heavy atom. The maximum Gasteiger partial charge on any atom is 0.139 e. The van der Waals surface area contributed by atoms with E-state index in [0.29, 0.717) is 17.1 Å². The molecule has 1 N–H and O–H groups in total. The molecule has 0 spiro atoms. The number of fused-ring (bicyclic) bond motifs is 5. The lowest BCUT2D eigenvalue weighted by molar-refractivity contribution is -0.138. The van der Waals surface area contributed by atoms with Crippen molar-refractivity contribution in [2.24, 2.45) is 34.5 Å². The van der Waals surface area contributed by atoms with Crippen molar-refractivity contribution in [1.82, 2.24) is 0 Å². The molecule has 2 nitrogen and oxygen atoms in total. The van der Waals surface area contributed by atoms with Gasteiger partial charge in [-0.3, -0.25) is 4.79 Å². The van der Waals surface area contributed by atoms with E-state index >= 15 is 0 Å². The normalized spacial score (nSPS) is 56.5. The van der Waals surface area contributed by atoms with Gasteiger partial charge in [-0.15, -0.1) is 0 Å². The summed E-state index contributed by atoms with van der Waals surface area (Å²) in [6.07, 6.45) is 10.1. The maximum absolute atomic E-state index is 12.4. The number of hydrogen-bond acceptors (Lipinski definition) is 2. The van der Waals surface area contributed by atoms with Crippen LogP contribution in [-0.2, 0) is 4.79 Å². The Hall–Kier alpha value is -0.370. The van der Waals surface area contributed by atoms with Gasteiger partial charge in [-0.05, 0) is 80.5 Å². The van der Waals surface area contributed by atoms with Crippen LogP contribution in [0.15, 0.2) is 0 Å². The topological polar surface area (TPSA) is 37.3 Å². The number of rotatable bonds is 0. The smallest absolute Gasteiger partial charge is 0.139 e. The van der Waals surface area contributed by atoms with Gasteiger partial charge >= 0.3 is 0 Å². The van der Waals surface area contributed by atoms with Crippen LogP contribution in [0.25, 0.3) is 0 Å². The molecule has 7 atom stereocenters. The van der Waals surface area contributed by atoms with Crippen molar-refractivity contribution >= 4 is 5.78 Å². The van der Waals surface area contributed by atoms with E-state index in [-0.39, 0.29) is 11.5 Å². The Kier molecular flexibility index (Phi) is 3.10. The van der Waals surface area contributed by atoms with Crippen LogP contribution in [0.3, 0.4) is 0 Å². The average Bonchev–Trinajstić information content (AvgIpc) is 2.73. The number of ketones is 1. The van der Waals surface area contributed by atoms with Crippen LogP contribution < -0.4 is 0 Å². The third-order valence-electron chi connectivity index (χ3n) is 8.18. The van der Waals surface area contributed by atoms with E-state index in [2.05, 4.69) is 13.8 Å². The monoisotopic (exact) mass is 290 g/mol. The standard InChI is InChI=1S/C19H30O2/c1-18-9-7-14-13(15(18)4-3-12(20)11-18)8-10-19(2)16(14)5-6-17(19)21/h12-16,20H,3-11H2,1-2H3/t12-,13-,14+,15+,16-,18-,19-/m0/s1. The summed E-state index contributed by atoms with van der Waals surface area (Å²) in [4.78, 5) is 12.4. The molecule has 4 fully saturated rings. The third kappa shape index (κ3) is 1.90. The van der Waals surface area contributed by atoms with Crippen molar-refractivity contribution in [2.75, 3.05) is 0 Å². The second-order valence-electron chi connectivity index (χ2n) is 9.09. The van der Waals surface area contributed by atoms with Crippen LogP contribution in [0.2, 0.25) is 0 Å². The van der Waals surface area contributed by atoms with Crippen molar-refractivity contribution < 1.29 is 9.90 Å². The van der Waals surface area contributed by atoms with E-state index in [1.807, 2.05) is 0 Å². The highest BCUT2D eigenvalue weighted by Gasteiger charge is 2.58. The van der Waals surface area contributed by atoms with Gasteiger partial charge in [-0.2, -0.15) is 0 Å². The van der Waals surface area contributed by atoms with Crippen molar-refractivity contribution in [3.8, 4) is 0 Å². The fourth-order valence-corrected chi connectivity index (χ4v) is 7.03. The fourth-order valence-electron chi connectivity index (χ4n) is 7.03. The zero-order chi connectivity index (χ0) is 14.8. The van der Waals surface area contributed by atoms with Crippen molar-refractivity contribution in [3.63, 3.8) is 0 Å². The van der Waals surface area contributed by atoms with E-state index in [1.165, 1.54) is 25.7 Å². The predicted molar refractivity (Wildman–Crippen MR) is 82.7 cm³/mol. The van der Waals surface area contributed by atoms with Gasteiger partial charge in [0.2, 0.25) is 0 Å². The quantitative estimate of drug-likeness (QED) is 0.733. The summed E-state index contributed by atoms with van der Waals surface area (Å²) >= 11 is 0. The Morgan fingerprint density at radius 3 is 2.48 bits per heavy atom. The van der Waals surface area contributed by atoms with E-state index in [1.54, 1.807) is 0 Å². The molecule has 118 valence electrons. The van der Waals surface area contributed by atoms with E-state index in [9.17, 15) is 9.90 Å². The number of carbonyl (C=O) groups excluding carboxylic acids is 1. The molecular formula is C19H30O2. The van der Waals surface area contributed by atoms with Crippen LogP contribution in [0.1, 0.15) is 71.6 Å². The van der Waals surface area contributed by atoms with Crippen LogP contribution >= 0.6 is 0 Å². The second-order valence-corrected chi connectivity index (χ2v) is 9.09. The summed E-state index contributed by atoms with van der Waals surface area (Å²) in [6, 6.07) is 0. The van der Waals surface area contributed by atoms with Gasteiger partial charge in [0.1, 0.15) is 5.78 Å². The molecule has 0 aromatic carbocycles. The number of hydrogen-bond donors (Lipinski definition) is 1. The Morgan fingerprint density at radius 1 is 0.952 bits per heavy atom. The number of Topliss-reactive ketones (excluding diaryl/α,β-unsaturated/α-hetero) is 1. The zero-order valence-electron chi connectivity index (χ0n) is 13.6. The van der Waals surface area contributed by atoms with Gasteiger partial charge in [0.15, 0.2) is 0 Å². The summed E-state index contributed by atoms with van der Waals surface area (Å²) in [5.74, 6) is 3.65. The molecule has 2 heteroatoms. The fraction of sp³-hybridized carbons (Fsp3) is 0.947. The molecule has 4 rings (SSSR count). The van der Waals surface area contributed by atoms with Crippen molar-refractivity contribution in [1.29, 1.82) is 0 Å². The molecule has 0 aromatic heterocycles. The Bertz CT molecular complexity index is 458. The highest BCUT2D eigenvalue weighted by atomic mass is 16.3. The largest absolute Gasteiger partial charge is 0.393 e. The van der Waals surface area contributed by atoms with Crippen LogP contribution in [0.5, 0.6) is 0 Å². The molecule has 0 aliphatic heterocycles. The first kappa shape index (κ1) is 14.2. The lowest BCUT2D eigenvalue weighted by Crippen LogP contribution is -2.52.